The van der Waals surface area contributed by atoms with Gasteiger partial charge in [0.05, 0.1) is 19.8 Å². The van der Waals surface area contributed by atoms with Crippen LogP contribution < -0.4 is 0 Å². The van der Waals surface area contributed by atoms with Crippen LogP contribution in [0.2, 0.25) is 0 Å². The zero-order valence-electron chi connectivity index (χ0n) is 5.43. The van der Waals surface area contributed by atoms with E-state index in [4.69, 9.17) is 4.74 Å². The van der Waals surface area contributed by atoms with Gasteiger partial charge in [-0.25, -0.2) is 0 Å². The third-order valence-corrected chi connectivity index (χ3v) is 1.00. The summed E-state index contributed by atoms with van der Waals surface area (Å²) in [6.07, 6.45) is 2.73. The van der Waals surface area contributed by atoms with Crippen molar-refractivity contribution in [1.82, 2.24) is 0 Å². The van der Waals surface area contributed by atoms with E-state index in [1.807, 2.05) is 6.08 Å². The molecule has 0 aromatic heterocycles. The first-order valence-corrected chi connectivity index (χ1v) is 3.29. The van der Waals surface area contributed by atoms with Gasteiger partial charge in [-0.05, 0) is 6.42 Å². The van der Waals surface area contributed by atoms with Gasteiger partial charge < -0.3 is 9.16 Å². The zero-order valence-corrected chi connectivity index (χ0v) is 6.43. The molecule has 0 amide bonds. The second kappa shape index (κ2) is 7.88. The minimum atomic E-state index is 0.591. The monoisotopic (exact) mass is 143 g/mol. The lowest BCUT2D eigenvalue weighted by molar-refractivity contribution is 0.107. The molecule has 2 nitrogen and oxygen atoms in total. The molecular weight excluding hydrogens is 132 g/mol. The van der Waals surface area contributed by atoms with Crippen LogP contribution in [0.15, 0.2) is 12.7 Å². The van der Waals surface area contributed by atoms with E-state index in [9.17, 15) is 0 Å². The van der Waals surface area contributed by atoms with Gasteiger partial charge in [-0.15, -0.1) is 6.58 Å². The maximum absolute atomic E-state index is 5.09. The van der Waals surface area contributed by atoms with Gasteiger partial charge in [-0.1, -0.05) is 6.08 Å². The van der Waals surface area contributed by atoms with Gasteiger partial charge >= 0.3 is 0 Å². The molecule has 0 aromatic carbocycles. The van der Waals surface area contributed by atoms with Crippen molar-refractivity contribution in [2.45, 2.75) is 6.42 Å². The van der Waals surface area contributed by atoms with Crippen LogP contribution in [-0.2, 0) is 9.16 Å². The molecule has 0 aliphatic rings. The Hall–Kier alpha value is -0.123. The summed E-state index contributed by atoms with van der Waals surface area (Å²) >= 11 is 0. The van der Waals surface area contributed by atoms with Crippen molar-refractivity contribution in [3.63, 3.8) is 0 Å². The predicted octanol–water partition coefficient (Wildman–Crippen LogP) is 0.679. The Labute approximate surface area is 59.4 Å². The van der Waals surface area contributed by atoms with Crippen molar-refractivity contribution in [1.29, 1.82) is 0 Å². The molecule has 0 N–H and O–H groups in total. The molecule has 0 aliphatic heterocycles. The second-order valence-electron chi connectivity index (χ2n) is 1.54. The molecule has 0 atom stereocenters. The summed E-state index contributed by atoms with van der Waals surface area (Å²) in [6, 6.07) is 0. The first-order valence-electron chi connectivity index (χ1n) is 2.89. The molecule has 3 heteroatoms. The second-order valence-corrected chi connectivity index (χ2v) is 1.83. The molecule has 3 radical (unpaired) electrons. The quantitative estimate of drug-likeness (QED) is 0.309. The van der Waals surface area contributed by atoms with Crippen LogP contribution in [0.4, 0.5) is 0 Å². The highest BCUT2D eigenvalue weighted by atomic mass is 28.2. The normalized spacial score (nSPS) is 9.44. The van der Waals surface area contributed by atoms with Crippen molar-refractivity contribution in [2.75, 3.05) is 19.8 Å². The molecule has 0 saturated carbocycles. The maximum atomic E-state index is 5.09. The molecular formula is C6H11O2Si. The Morgan fingerprint density at radius 3 is 2.67 bits per heavy atom. The number of rotatable bonds is 6. The smallest absolute Gasteiger partial charge is 0.246 e. The molecule has 0 aromatic rings. The van der Waals surface area contributed by atoms with Crippen molar-refractivity contribution in [3.05, 3.63) is 12.7 Å². The molecule has 0 saturated heterocycles. The van der Waals surface area contributed by atoms with Crippen molar-refractivity contribution in [3.8, 4) is 0 Å². The highest BCUT2D eigenvalue weighted by molar-refractivity contribution is 5.97. The summed E-state index contributed by atoms with van der Waals surface area (Å²) in [7, 11) is 2.86. The van der Waals surface area contributed by atoms with E-state index >= 15 is 0 Å². The van der Waals surface area contributed by atoms with E-state index in [1.165, 1.54) is 0 Å². The van der Waals surface area contributed by atoms with Crippen LogP contribution in [0.1, 0.15) is 6.42 Å². The van der Waals surface area contributed by atoms with E-state index in [0.717, 1.165) is 13.0 Å². The van der Waals surface area contributed by atoms with E-state index in [1.54, 1.807) is 0 Å². The van der Waals surface area contributed by atoms with Crippen LogP contribution in [-0.4, -0.2) is 30.3 Å². The van der Waals surface area contributed by atoms with Crippen molar-refractivity contribution in [2.24, 2.45) is 0 Å². The van der Waals surface area contributed by atoms with Crippen LogP contribution in [0, 0.1) is 0 Å². The minimum absolute atomic E-state index is 0.591. The van der Waals surface area contributed by atoms with Crippen LogP contribution in [0.5, 0.6) is 0 Å². The largest absolute Gasteiger partial charge is 0.416 e. The Morgan fingerprint density at radius 1 is 1.33 bits per heavy atom. The molecule has 0 unspecified atom stereocenters. The lowest BCUT2D eigenvalue weighted by atomic mass is 10.5. The summed E-state index contributed by atoms with van der Waals surface area (Å²) in [4.78, 5) is 0. The van der Waals surface area contributed by atoms with Crippen LogP contribution in [0.25, 0.3) is 0 Å². The number of ether oxygens (including phenoxy) is 1. The molecule has 0 aliphatic carbocycles. The third kappa shape index (κ3) is 7.88. The maximum Gasteiger partial charge on any atom is 0.246 e. The average molecular weight is 143 g/mol. The third-order valence-electron chi connectivity index (χ3n) is 0.796. The van der Waals surface area contributed by atoms with Crippen LogP contribution >= 0.6 is 0 Å². The Morgan fingerprint density at radius 2 is 2.11 bits per heavy atom. The molecule has 0 spiro atoms. The first kappa shape index (κ1) is 8.88. The summed E-state index contributed by atoms with van der Waals surface area (Å²) < 4.78 is 9.66. The average Bonchev–Trinajstić information content (AvgIpc) is 1.89. The molecule has 9 heavy (non-hydrogen) atoms. The predicted molar refractivity (Wildman–Crippen MR) is 37.3 cm³/mol. The van der Waals surface area contributed by atoms with Gasteiger partial charge in [-0.2, -0.15) is 0 Å². The Kier molecular flexibility index (Phi) is 7.77. The molecule has 0 bridgehead atoms. The van der Waals surface area contributed by atoms with Gasteiger partial charge in [0.15, 0.2) is 0 Å². The van der Waals surface area contributed by atoms with Gasteiger partial charge in [0.25, 0.3) is 0 Å². The van der Waals surface area contributed by atoms with Gasteiger partial charge in [-0.3, -0.25) is 0 Å². The minimum Gasteiger partial charge on any atom is -0.416 e. The summed E-state index contributed by atoms with van der Waals surface area (Å²) in [5.74, 6) is 0. The van der Waals surface area contributed by atoms with Gasteiger partial charge in [0, 0.05) is 0 Å². The molecule has 0 heterocycles. The lowest BCUT2D eigenvalue weighted by Crippen LogP contribution is -2.02. The highest BCUT2D eigenvalue weighted by Gasteiger charge is 1.82. The van der Waals surface area contributed by atoms with Crippen LogP contribution in [0.3, 0.4) is 0 Å². The highest BCUT2D eigenvalue weighted by Crippen LogP contribution is 1.81. The zero-order chi connectivity index (χ0) is 6.95. The fourth-order valence-corrected chi connectivity index (χ4v) is 0.453. The topological polar surface area (TPSA) is 18.5 Å². The fourth-order valence-electron chi connectivity index (χ4n) is 0.369. The summed E-state index contributed by atoms with van der Waals surface area (Å²) in [5.41, 5.74) is 0. The number of hydrogen-bond acceptors (Lipinski definition) is 2. The van der Waals surface area contributed by atoms with E-state index in [2.05, 4.69) is 21.5 Å². The standard InChI is InChI=1S/C6H11O2Si/c1-2-3-4-7-5-6-8-9/h2H,1,3-6H2. The van der Waals surface area contributed by atoms with E-state index in [-0.39, 0.29) is 0 Å². The number of hydrogen-bond donors (Lipinski definition) is 0. The molecule has 51 valence electrons. The summed E-state index contributed by atoms with van der Waals surface area (Å²) in [5, 5.41) is 0. The van der Waals surface area contributed by atoms with Crippen molar-refractivity contribution >= 4 is 10.5 Å². The van der Waals surface area contributed by atoms with Gasteiger partial charge in [0.1, 0.15) is 0 Å². The van der Waals surface area contributed by atoms with Crippen molar-refractivity contribution < 1.29 is 9.16 Å². The van der Waals surface area contributed by atoms with E-state index < -0.39 is 0 Å². The molecule has 0 rings (SSSR count). The van der Waals surface area contributed by atoms with Gasteiger partial charge in [0.2, 0.25) is 10.5 Å². The lowest BCUT2D eigenvalue weighted by Gasteiger charge is -1.99. The van der Waals surface area contributed by atoms with E-state index in [0.29, 0.717) is 13.2 Å². The first-order chi connectivity index (χ1) is 4.41. The Balaban J connectivity index is 2.66. The SMILES string of the molecule is C=CCCOCCO[Si]. The summed E-state index contributed by atoms with van der Waals surface area (Å²) in [6.45, 7) is 5.52. The molecule has 0 fully saturated rings. The fraction of sp³-hybridized carbons (Fsp3) is 0.667. The Bertz CT molecular complexity index is 66.1.